The summed E-state index contributed by atoms with van der Waals surface area (Å²) in [6.45, 7) is 6.10. The van der Waals surface area contributed by atoms with E-state index in [2.05, 4.69) is 10.3 Å². The van der Waals surface area contributed by atoms with Crippen molar-refractivity contribution in [3.63, 3.8) is 0 Å². The summed E-state index contributed by atoms with van der Waals surface area (Å²) in [6.07, 6.45) is 3.20. The molecule has 0 unspecified atom stereocenters. The predicted molar refractivity (Wildman–Crippen MR) is 127 cm³/mol. The van der Waals surface area contributed by atoms with Crippen LogP contribution >= 0.6 is 0 Å². The van der Waals surface area contributed by atoms with E-state index in [4.69, 9.17) is 4.74 Å². The van der Waals surface area contributed by atoms with E-state index in [9.17, 15) is 9.59 Å². The summed E-state index contributed by atoms with van der Waals surface area (Å²) >= 11 is 0. The van der Waals surface area contributed by atoms with E-state index >= 15 is 0 Å². The van der Waals surface area contributed by atoms with Gasteiger partial charge in [0.05, 0.1) is 13.1 Å². The Bertz CT molecular complexity index is 1180. The van der Waals surface area contributed by atoms with Gasteiger partial charge in [0.15, 0.2) is 0 Å². The number of para-hydroxylation sites is 1. The first-order valence-electron chi connectivity index (χ1n) is 11.6. The highest BCUT2D eigenvalue weighted by Crippen LogP contribution is 2.36. The van der Waals surface area contributed by atoms with Gasteiger partial charge in [-0.2, -0.15) is 0 Å². The van der Waals surface area contributed by atoms with E-state index < -0.39 is 5.60 Å². The lowest BCUT2D eigenvalue weighted by molar-refractivity contribution is -0.00797. The van der Waals surface area contributed by atoms with Gasteiger partial charge in [-0.15, -0.1) is 0 Å². The zero-order valence-electron chi connectivity index (χ0n) is 19.1. The number of rotatable bonds is 2. The predicted octanol–water partition coefficient (Wildman–Crippen LogP) is 4.16. The Hall–Kier alpha value is -3.48. The summed E-state index contributed by atoms with van der Waals surface area (Å²) in [6, 6.07) is 15.6. The van der Waals surface area contributed by atoms with Crippen LogP contribution in [-0.4, -0.2) is 58.0 Å². The van der Waals surface area contributed by atoms with Gasteiger partial charge >= 0.3 is 6.03 Å². The molecular formula is C26H30N4O3. The molecule has 0 saturated carbocycles. The Morgan fingerprint density at radius 3 is 2.61 bits per heavy atom. The highest BCUT2D eigenvalue weighted by Gasteiger charge is 2.43. The summed E-state index contributed by atoms with van der Waals surface area (Å²) in [4.78, 5) is 33.2. The number of nitrogens with zero attached hydrogens (tertiary/aromatic N) is 2. The average Bonchev–Trinajstić information content (AvgIpc) is 3.22. The fraction of sp³-hybridized carbons (Fsp3) is 0.385. The lowest BCUT2D eigenvalue weighted by atomic mass is 9.90. The maximum Gasteiger partial charge on any atom is 0.318 e. The van der Waals surface area contributed by atoms with Crippen molar-refractivity contribution in [2.24, 2.45) is 0 Å². The zero-order chi connectivity index (χ0) is 23.0. The normalized spacial score (nSPS) is 17.5. The number of ether oxygens (including phenoxy) is 1. The molecule has 5 rings (SSSR count). The molecule has 7 nitrogen and oxygen atoms in total. The fourth-order valence-corrected chi connectivity index (χ4v) is 4.91. The highest BCUT2D eigenvalue weighted by molar-refractivity contribution is 6.06. The molecule has 2 aliphatic rings. The van der Waals surface area contributed by atoms with Crippen LogP contribution in [0.4, 0.5) is 4.79 Å². The largest absolute Gasteiger partial charge is 0.485 e. The van der Waals surface area contributed by atoms with Crippen LogP contribution in [-0.2, 0) is 6.54 Å². The molecule has 1 fully saturated rings. The van der Waals surface area contributed by atoms with Crippen LogP contribution in [0.15, 0.2) is 54.7 Å². The third-order valence-corrected chi connectivity index (χ3v) is 6.63. The second-order valence-electron chi connectivity index (χ2n) is 9.39. The molecule has 1 aromatic heterocycles. The van der Waals surface area contributed by atoms with Crippen LogP contribution < -0.4 is 10.1 Å². The third kappa shape index (κ3) is 4.15. The van der Waals surface area contributed by atoms with Gasteiger partial charge in [0.2, 0.25) is 0 Å². The van der Waals surface area contributed by atoms with Gasteiger partial charge in [-0.25, -0.2) is 4.79 Å². The van der Waals surface area contributed by atoms with Gasteiger partial charge < -0.3 is 24.8 Å². The first kappa shape index (κ1) is 21.4. The van der Waals surface area contributed by atoms with Crippen molar-refractivity contribution >= 4 is 22.8 Å². The SMILES string of the molecule is CC(C)NC(=O)N1Cc2ccccc2OC2(CCN(C(=O)c3cccc4[nH]ccc34)CC2)C1. The van der Waals surface area contributed by atoms with E-state index in [1.165, 1.54) is 0 Å². The molecule has 33 heavy (non-hydrogen) atoms. The number of aromatic amines is 1. The molecule has 1 spiro atoms. The number of likely N-dealkylation sites (tertiary alicyclic amines) is 1. The summed E-state index contributed by atoms with van der Waals surface area (Å²) in [5.74, 6) is 0.868. The van der Waals surface area contributed by atoms with Gasteiger partial charge in [0.1, 0.15) is 11.4 Å². The van der Waals surface area contributed by atoms with Crippen molar-refractivity contribution in [1.29, 1.82) is 0 Å². The van der Waals surface area contributed by atoms with E-state index in [-0.39, 0.29) is 18.0 Å². The van der Waals surface area contributed by atoms with Crippen molar-refractivity contribution in [3.8, 4) is 5.75 Å². The molecule has 3 aromatic rings. The number of nitrogens with one attached hydrogen (secondary N) is 2. The third-order valence-electron chi connectivity index (χ3n) is 6.63. The second-order valence-corrected chi connectivity index (χ2v) is 9.39. The van der Waals surface area contributed by atoms with Crippen LogP contribution in [0.2, 0.25) is 0 Å². The molecule has 0 radical (unpaired) electrons. The van der Waals surface area contributed by atoms with Crippen LogP contribution in [0, 0.1) is 0 Å². The van der Waals surface area contributed by atoms with Crippen molar-refractivity contribution in [2.45, 2.75) is 44.9 Å². The first-order chi connectivity index (χ1) is 15.9. The van der Waals surface area contributed by atoms with Crippen LogP contribution in [0.5, 0.6) is 5.75 Å². The molecule has 7 heteroatoms. The van der Waals surface area contributed by atoms with Gasteiger partial charge in [-0.3, -0.25) is 4.79 Å². The molecule has 2 N–H and O–H groups in total. The lowest BCUT2D eigenvalue weighted by Gasteiger charge is -2.42. The van der Waals surface area contributed by atoms with Crippen LogP contribution in [0.3, 0.4) is 0 Å². The number of hydrogen-bond acceptors (Lipinski definition) is 3. The summed E-state index contributed by atoms with van der Waals surface area (Å²) in [5.41, 5.74) is 2.17. The molecule has 1 saturated heterocycles. The molecule has 3 amide bonds. The number of benzene rings is 2. The molecule has 2 aromatic carbocycles. The zero-order valence-corrected chi connectivity index (χ0v) is 19.1. The molecule has 0 aliphatic carbocycles. The molecule has 0 atom stereocenters. The maximum atomic E-state index is 13.3. The summed E-state index contributed by atoms with van der Waals surface area (Å²) in [7, 11) is 0. The number of aromatic nitrogens is 1. The maximum absolute atomic E-state index is 13.3. The first-order valence-corrected chi connectivity index (χ1v) is 11.6. The van der Waals surface area contributed by atoms with E-state index in [1.54, 1.807) is 0 Å². The lowest BCUT2D eigenvalue weighted by Crippen LogP contribution is -2.56. The number of piperidine rings is 1. The number of hydrogen-bond donors (Lipinski definition) is 2. The Balaban J connectivity index is 1.37. The summed E-state index contributed by atoms with van der Waals surface area (Å²) in [5, 5.41) is 3.96. The van der Waals surface area contributed by atoms with Crippen LogP contribution in [0.1, 0.15) is 42.6 Å². The van der Waals surface area contributed by atoms with Gasteiger partial charge in [0.25, 0.3) is 5.91 Å². The van der Waals surface area contributed by atoms with Crippen LogP contribution in [0.25, 0.3) is 10.9 Å². The fourth-order valence-electron chi connectivity index (χ4n) is 4.91. The smallest absolute Gasteiger partial charge is 0.318 e. The number of fused-ring (bicyclic) bond motifs is 2. The second kappa shape index (κ2) is 8.46. The molecule has 172 valence electrons. The standard InChI is InChI=1S/C26H30N4O3/c1-18(2)28-25(32)30-16-19-6-3-4-9-23(19)33-26(17-30)11-14-29(15-12-26)24(31)21-7-5-8-22-20(21)10-13-27-22/h3-10,13,18,27H,11-12,14-17H2,1-2H3,(H,28,32). The van der Waals surface area contributed by atoms with Crippen molar-refractivity contribution in [2.75, 3.05) is 19.6 Å². The Labute approximate surface area is 193 Å². The Morgan fingerprint density at radius 2 is 1.82 bits per heavy atom. The number of H-pyrrole nitrogens is 1. The number of carbonyl (C=O) groups excluding carboxylic acids is 2. The van der Waals surface area contributed by atoms with Crippen molar-refractivity contribution in [3.05, 3.63) is 65.9 Å². The molecule has 3 heterocycles. The summed E-state index contributed by atoms with van der Waals surface area (Å²) < 4.78 is 6.60. The average molecular weight is 447 g/mol. The number of carbonyl (C=O) groups is 2. The Kier molecular flexibility index (Phi) is 5.48. The monoisotopic (exact) mass is 446 g/mol. The van der Waals surface area contributed by atoms with E-state index in [0.29, 0.717) is 39.0 Å². The van der Waals surface area contributed by atoms with Gasteiger partial charge in [0, 0.05) is 60.2 Å². The molecular weight excluding hydrogens is 416 g/mol. The minimum Gasteiger partial charge on any atom is -0.485 e. The Morgan fingerprint density at radius 1 is 1.03 bits per heavy atom. The number of urea groups is 1. The van der Waals surface area contributed by atoms with Crippen molar-refractivity contribution in [1.82, 2.24) is 20.1 Å². The number of amides is 3. The molecule has 0 bridgehead atoms. The van der Waals surface area contributed by atoms with Crippen molar-refractivity contribution < 1.29 is 14.3 Å². The molecule has 2 aliphatic heterocycles. The topological polar surface area (TPSA) is 77.7 Å². The van der Waals surface area contributed by atoms with E-state index in [0.717, 1.165) is 27.8 Å². The van der Waals surface area contributed by atoms with E-state index in [1.807, 2.05) is 78.4 Å². The van der Waals surface area contributed by atoms with Gasteiger partial charge in [-0.05, 0) is 38.1 Å². The minimum atomic E-state index is -0.516. The highest BCUT2D eigenvalue weighted by atomic mass is 16.5. The van der Waals surface area contributed by atoms with Gasteiger partial charge in [-0.1, -0.05) is 24.3 Å². The minimum absolute atomic E-state index is 0.0403. The quantitative estimate of drug-likeness (QED) is 0.621.